The number of alkyl carbamates (subject to hydrolysis) is 2. The number of rotatable bonds is 16. The molecule has 18 heteroatoms. The lowest BCUT2D eigenvalue weighted by atomic mass is 9.96. The van der Waals surface area contributed by atoms with Gasteiger partial charge < -0.3 is 48.5 Å². The van der Waals surface area contributed by atoms with E-state index in [1.165, 1.54) is 6.08 Å². The van der Waals surface area contributed by atoms with Gasteiger partial charge >= 0.3 is 30.1 Å². The van der Waals surface area contributed by atoms with E-state index in [-0.39, 0.29) is 26.4 Å². The second-order valence-electron chi connectivity index (χ2n) is 9.92. The fourth-order valence-electron chi connectivity index (χ4n) is 4.10. The maximum absolute atomic E-state index is 12.8. The van der Waals surface area contributed by atoms with Crippen LogP contribution in [0.1, 0.15) is 26.3 Å². The van der Waals surface area contributed by atoms with Crippen molar-refractivity contribution in [3.8, 4) is 0 Å². The molecule has 0 saturated carbocycles. The van der Waals surface area contributed by atoms with Crippen LogP contribution in [-0.2, 0) is 58.9 Å². The Bertz CT molecular complexity index is 1200. The van der Waals surface area contributed by atoms with Gasteiger partial charge in [-0.1, -0.05) is 77.8 Å². The Morgan fingerprint density at radius 1 is 0.915 bits per heavy atom. The molecule has 0 bridgehead atoms. The summed E-state index contributed by atoms with van der Waals surface area (Å²) in [5.41, 5.74) is 0.865. The first-order valence-electron chi connectivity index (χ1n) is 14.1. The fraction of sp³-hybridized carbons (Fsp3) is 0.552. The van der Waals surface area contributed by atoms with Crippen molar-refractivity contribution >= 4 is 64.9 Å². The van der Waals surface area contributed by atoms with Gasteiger partial charge in [0.2, 0.25) is 3.79 Å². The molecule has 6 atom stereocenters. The number of hydrogen-bond acceptors (Lipinski definition) is 13. The van der Waals surface area contributed by atoms with Crippen molar-refractivity contribution in [1.82, 2.24) is 10.6 Å². The minimum atomic E-state index is -1.96. The second kappa shape index (κ2) is 20.1. The Labute approximate surface area is 286 Å². The molecule has 2 rings (SSSR count). The predicted octanol–water partition coefficient (Wildman–Crippen LogP) is 3.12. The Morgan fingerprint density at radius 2 is 1.57 bits per heavy atom. The number of ether oxygens (including phenoxy) is 8. The molecular weight excluding hydrogens is 691 g/mol. The number of alkyl halides is 3. The van der Waals surface area contributed by atoms with Crippen molar-refractivity contribution in [2.45, 2.75) is 67.9 Å². The van der Waals surface area contributed by atoms with Gasteiger partial charge in [0.15, 0.2) is 18.5 Å². The number of carbonyl (C=O) groups is 5. The molecule has 1 heterocycles. The minimum absolute atomic E-state index is 0.0717. The molecule has 2 amide bonds. The summed E-state index contributed by atoms with van der Waals surface area (Å²) in [4.78, 5) is 61.1. The third-order valence-corrected chi connectivity index (χ3v) is 6.23. The number of amides is 2. The SMILES string of the molecule is C=CCOC(=O)N[C@H](COCc1ccccc1)CO[C@H]1O[C@H](COC(C)=O)[C@@H](OC(C)=O)[C@H](OC(C)=O)[C@@H]1NC(=O)OCC(Cl)(Cl)Cl. The average molecular weight is 728 g/mol. The molecule has 0 radical (unpaired) electrons. The van der Waals surface area contributed by atoms with Gasteiger partial charge in [-0.15, -0.1) is 0 Å². The van der Waals surface area contributed by atoms with E-state index in [0.29, 0.717) is 0 Å². The molecular formula is C29H37Cl3N2O13. The predicted molar refractivity (Wildman–Crippen MR) is 165 cm³/mol. The van der Waals surface area contributed by atoms with Crippen LogP contribution in [0, 0.1) is 0 Å². The van der Waals surface area contributed by atoms with E-state index in [4.69, 9.17) is 72.7 Å². The Kier molecular flexibility index (Phi) is 17.1. The lowest BCUT2D eigenvalue weighted by Gasteiger charge is -2.45. The Morgan fingerprint density at radius 3 is 2.17 bits per heavy atom. The smallest absolute Gasteiger partial charge is 0.407 e. The summed E-state index contributed by atoms with van der Waals surface area (Å²) in [6.45, 7) is 5.40. The molecule has 262 valence electrons. The molecule has 0 spiro atoms. The largest absolute Gasteiger partial charge is 0.463 e. The maximum Gasteiger partial charge on any atom is 0.407 e. The van der Waals surface area contributed by atoms with Crippen molar-refractivity contribution in [3.05, 3.63) is 48.6 Å². The van der Waals surface area contributed by atoms with Crippen LogP contribution in [0.3, 0.4) is 0 Å². The molecule has 1 aromatic carbocycles. The van der Waals surface area contributed by atoms with Crippen LogP contribution < -0.4 is 10.6 Å². The molecule has 1 aliphatic rings. The lowest BCUT2D eigenvalue weighted by molar-refractivity contribution is -0.278. The second-order valence-corrected chi connectivity index (χ2v) is 12.4. The third kappa shape index (κ3) is 15.9. The zero-order valence-corrected chi connectivity index (χ0v) is 28.1. The van der Waals surface area contributed by atoms with Crippen LogP contribution in [0.2, 0.25) is 0 Å². The monoisotopic (exact) mass is 726 g/mol. The van der Waals surface area contributed by atoms with E-state index >= 15 is 0 Å². The molecule has 1 aromatic rings. The highest BCUT2D eigenvalue weighted by atomic mass is 35.6. The molecule has 1 fully saturated rings. The van der Waals surface area contributed by atoms with Crippen molar-refractivity contribution < 1.29 is 61.9 Å². The van der Waals surface area contributed by atoms with E-state index in [2.05, 4.69) is 17.2 Å². The van der Waals surface area contributed by atoms with Gasteiger partial charge in [-0.05, 0) is 5.56 Å². The summed E-state index contributed by atoms with van der Waals surface area (Å²) < 4.78 is 41.8. The number of hydrogen-bond donors (Lipinski definition) is 2. The van der Waals surface area contributed by atoms with Crippen LogP contribution in [0.4, 0.5) is 9.59 Å². The molecule has 0 aromatic heterocycles. The molecule has 2 N–H and O–H groups in total. The first-order chi connectivity index (χ1) is 22.2. The third-order valence-electron chi connectivity index (χ3n) is 5.90. The fourth-order valence-corrected chi connectivity index (χ4v) is 4.27. The van der Waals surface area contributed by atoms with Crippen molar-refractivity contribution in [3.63, 3.8) is 0 Å². The first-order valence-corrected chi connectivity index (χ1v) is 15.2. The highest BCUT2D eigenvalue weighted by Gasteiger charge is 2.52. The van der Waals surface area contributed by atoms with Gasteiger partial charge in [0, 0.05) is 20.8 Å². The zero-order valence-electron chi connectivity index (χ0n) is 25.8. The Hall–Kier alpha value is -3.34. The van der Waals surface area contributed by atoms with Crippen LogP contribution in [0.15, 0.2) is 43.0 Å². The Balaban J connectivity index is 2.38. The summed E-state index contributed by atoms with van der Waals surface area (Å²) in [6.07, 6.45) is -6.23. The number of halogens is 3. The van der Waals surface area contributed by atoms with Crippen molar-refractivity contribution in [1.29, 1.82) is 0 Å². The van der Waals surface area contributed by atoms with Gasteiger partial charge in [-0.3, -0.25) is 14.4 Å². The summed E-state index contributed by atoms with van der Waals surface area (Å²) in [5.74, 6) is -2.33. The lowest BCUT2D eigenvalue weighted by Crippen LogP contribution is -2.67. The normalized spacial score (nSPS) is 21.4. The van der Waals surface area contributed by atoms with Crippen molar-refractivity contribution in [2.24, 2.45) is 0 Å². The van der Waals surface area contributed by atoms with E-state index in [1.807, 2.05) is 30.3 Å². The van der Waals surface area contributed by atoms with Crippen molar-refractivity contribution in [2.75, 3.05) is 33.0 Å². The summed E-state index contributed by atoms with van der Waals surface area (Å²) in [6, 6.07) is 6.94. The number of nitrogens with one attached hydrogen (secondary N) is 2. The highest BCUT2D eigenvalue weighted by Crippen LogP contribution is 2.29. The van der Waals surface area contributed by atoms with Crippen LogP contribution >= 0.6 is 34.8 Å². The summed E-state index contributed by atoms with van der Waals surface area (Å²) in [5, 5.41) is 5.03. The standard InChI is InChI=1S/C29H37Cl3N2O13/c1-5-11-41-27(38)33-21(13-40-12-20-9-7-6-8-10-20)14-43-26-23(34-28(39)44-16-29(30,31)32)25(46-19(4)37)24(45-18(3)36)22(47-26)15-42-17(2)35/h5-10,21-26H,1,11-16H2,2-4H3,(H,33,38)(H,34,39)/t21-,22-,23+,24-,25-,26+/m1/s1. The van der Waals surface area contributed by atoms with Gasteiger partial charge in [0.25, 0.3) is 0 Å². The number of carbonyl (C=O) groups excluding carboxylic acids is 5. The van der Waals surface area contributed by atoms with E-state index in [9.17, 15) is 24.0 Å². The van der Waals surface area contributed by atoms with Crippen LogP contribution in [0.25, 0.3) is 0 Å². The van der Waals surface area contributed by atoms with Crippen LogP contribution in [-0.4, -0.2) is 104 Å². The van der Waals surface area contributed by atoms with Gasteiger partial charge in [-0.25, -0.2) is 9.59 Å². The maximum atomic E-state index is 12.8. The van der Waals surface area contributed by atoms with Gasteiger partial charge in [0.1, 0.15) is 32.0 Å². The van der Waals surface area contributed by atoms with E-state index in [1.54, 1.807) is 0 Å². The quantitative estimate of drug-likeness (QED) is 0.110. The van der Waals surface area contributed by atoms with E-state index < -0.39 is 83.8 Å². The van der Waals surface area contributed by atoms with E-state index in [0.717, 1.165) is 26.3 Å². The average Bonchev–Trinajstić information content (AvgIpc) is 2.98. The summed E-state index contributed by atoms with van der Waals surface area (Å²) >= 11 is 17.1. The molecule has 1 saturated heterocycles. The molecule has 47 heavy (non-hydrogen) atoms. The molecule has 15 nitrogen and oxygen atoms in total. The number of benzene rings is 1. The van der Waals surface area contributed by atoms with Gasteiger partial charge in [0.05, 0.1) is 25.9 Å². The summed E-state index contributed by atoms with van der Waals surface area (Å²) in [7, 11) is 0. The van der Waals surface area contributed by atoms with Gasteiger partial charge in [-0.2, -0.15) is 0 Å². The highest BCUT2D eigenvalue weighted by molar-refractivity contribution is 6.67. The minimum Gasteiger partial charge on any atom is -0.463 e. The zero-order chi connectivity index (χ0) is 35.0. The number of esters is 3. The molecule has 0 aliphatic carbocycles. The topological polar surface area (TPSA) is 183 Å². The molecule has 1 aliphatic heterocycles. The van der Waals surface area contributed by atoms with Crippen LogP contribution in [0.5, 0.6) is 0 Å². The first kappa shape index (κ1) is 39.8. The molecule has 0 unspecified atom stereocenters.